The summed E-state index contributed by atoms with van der Waals surface area (Å²) in [4.78, 5) is 4.26. The third-order valence-electron chi connectivity index (χ3n) is 3.50. The Morgan fingerprint density at radius 2 is 1.62 bits per heavy atom. The molecule has 0 aliphatic rings. The van der Waals surface area contributed by atoms with Gasteiger partial charge < -0.3 is 4.74 Å². The van der Waals surface area contributed by atoms with Gasteiger partial charge in [0, 0.05) is 18.1 Å². The van der Waals surface area contributed by atoms with Gasteiger partial charge in [-0.05, 0) is 53.6 Å². The first-order valence-corrected chi connectivity index (χ1v) is 8.74. The predicted molar refractivity (Wildman–Crippen MR) is 93.5 cm³/mol. The zero-order valence-electron chi connectivity index (χ0n) is 13.0. The van der Waals surface area contributed by atoms with E-state index in [0.29, 0.717) is 11.4 Å². The van der Waals surface area contributed by atoms with Gasteiger partial charge in [-0.25, -0.2) is 8.42 Å². The Labute approximate surface area is 141 Å². The third-order valence-corrected chi connectivity index (χ3v) is 4.90. The van der Waals surface area contributed by atoms with Crippen LogP contribution in [-0.4, -0.2) is 20.5 Å². The van der Waals surface area contributed by atoms with E-state index in [0.717, 1.165) is 11.1 Å². The Kier molecular flexibility index (Phi) is 4.48. The summed E-state index contributed by atoms with van der Waals surface area (Å²) in [7, 11) is -2.08. The van der Waals surface area contributed by atoms with E-state index in [1.54, 1.807) is 68.0 Å². The molecule has 6 heteroatoms. The highest BCUT2D eigenvalue weighted by Crippen LogP contribution is 2.22. The fraction of sp³-hybridized carbons (Fsp3) is 0.0556. The van der Waals surface area contributed by atoms with E-state index < -0.39 is 10.0 Å². The number of ether oxygens (including phenoxy) is 1. The maximum Gasteiger partial charge on any atom is 0.261 e. The molecule has 0 saturated heterocycles. The van der Waals surface area contributed by atoms with Gasteiger partial charge in [-0.15, -0.1) is 0 Å². The van der Waals surface area contributed by atoms with Crippen LogP contribution in [0, 0.1) is 0 Å². The minimum absolute atomic E-state index is 0.200. The molecular weight excluding hydrogens is 324 g/mol. The molecule has 0 fully saturated rings. The maximum atomic E-state index is 12.4. The highest BCUT2D eigenvalue weighted by atomic mass is 32.2. The van der Waals surface area contributed by atoms with Crippen molar-refractivity contribution in [2.75, 3.05) is 11.8 Å². The van der Waals surface area contributed by atoms with Crippen molar-refractivity contribution >= 4 is 15.7 Å². The number of nitrogens with zero attached hydrogens (tertiary/aromatic N) is 1. The second-order valence-corrected chi connectivity index (χ2v) is 6.78. The van der Waals surface area contributed by atoms with Gasteiger partial charge in [0.25, 0.3) is 10.0 Å². The zero-order chi connectivity index (χ0) is 17.0. The number of benzene rings is 2. The first kappa shape index (κ1) is 16.0. The summed E-state index contributed by atoms with van der Waals surface area (Å²) in [5.41, 5.74) is 2.32. The molecule has 0 atom stereocenters. The number of hydrogen-bond acceptors (Lipinski definition) is 4. The monoisotopic (exact) mass is 340 g/mol. The molecule has 122 valence electrons. The van der Waals surface area contributed by atoms with Crippen molar-refractivity contribution in [2.45, 2.75) is 4.90 Å². The van der Waals surface area contributed by atoms with E-state index in [4.69, 9.17) is 4.74 Å². The molecule has 2 aromatic carbocycles. The zero-order valence-corrected chi connectivity index (χ0v) is 13.8. The van der Waals surface area contributed by atoms with Crippen LogP contribution in [0.15, 0.2) is 78.0 Å². The van der Waals surface area contributed by atoms with Gasteiger partial charge in [0.1, 0.15) is 5.75 Å². The van der Waals surface area contributed by atoms with Gasteiger partial charge in [-0.2, -0.15) is 0 Å². The van der Waals surface area contributed by atoms with Crippen molar-refractivity contribution in [1.82, 2.24) is 4.98 Å². The van der Waals surface area contributed by atoms with E-state index in [1.807, 2.05) is 12.1 Å². The second kappa shape index (κ2) is 6.72. The summed E-state index contributed by atoms with van der Waals surface area (Å²) in [6.07, 6.45) is 3.43. The number of aromatic nitrogens is 1. The number of anilines is 1. The number of sulfonamides is 1. The van der Waals surface area contributed by atoms with Gasteiger partial charge in [-0.3, -0.25) is 9.71 Å². The van der Waals surface area contributed by atoms with Crippen molar-refractivity contribution in [3.8, 4) is 16.9 Å². The molecule has 0 aliphatic carbocycles. The second-order valence-electron chi connectivity index (χ2n) is 5.10. The molecule has 0 amide bonds. The average molecular weight is 340 g/mol. The van der Waals surface area contributed by atoms with Crippen molar-refractivity contribution in [1.29, 1.82) is 0 Å². The molecule has 0 bridgehead atoms. The van der Waals surface area contributed by atoms with Gasteiger partial charge in [0.2, 0.25) is 0 Å². The topological polar surface area (TPSA) is 68.3 Å². The summed E-state index contributed by atoms with van der Waals surface area (Å²) in [5.74, 6) is 0.666. The molecule has 0 saturated carbocycles. The Morgan fingerprint density at radius 1 is 0.917 bits per heavy atom. The average Bonchev–Trinajstić information content (AvgIpc) is 2.63. The van der Waals surface area contributed by atoms with E-state index in [2.05, 4.69) is 9.71 Å². The molecule has 1 heterocycles. The number of hydrogen-bond donors (Lipinski definition) is 1. The quantitative estimate of drug-likeness (QED) is 0.771. The van der Waals surface area contributed by atoms with Crippen LogP contribution in [0.1, 0.15) is 0 Å². The lowest BCUT2D eigenvalue weighted by Crippen LogP contribution is -2.12. The molecule has 24 heavy (non-hydrogen) atoms. The lowest BCUT2D eigenvalue weighted by atomic mass is 10.1. The standard InChI is InChI=1S/C18H16N2O3S/c1-23-17-8-6-16(7-9-17)20-24(21,22)18-10-4-14(5-11-18)15-3-2-12-19-13-15/h2-13,20H,1H3. The predicted octanol–water partition coefficient (Wildman–Crippen LogP) is 3.56. The SMILES string of the molecule is COc1ccc(NS(=O)(=O)c2ccc(-c3cccnc3)cc2)cc1. The molecule has 5 nitrogen and oxygen atoms in total. The van der Waals surface area contributed by atoms with Crippen LogP contribution in [0.4, 0.5) is 5.69 Å². The van der Waals surface area contributed by atoms with Crippen LogP contribution in [0.5, 0.6) is 5.75 Å². The van der Waals surface area contributed by atoms with E-state index in [-0.39, 0.29) is 4.90 Å². The third kappa shape index (κ3) is 3.55. The van der Waals surface area contributed by atoms with Crippen molar-refractivity contribution in [2.24, 2.45) is 0 Å². The lowest BCUT2D eigenvalue weighted by Gasteiger charge is -2.09. The smallest absolute Gasteiger partial charge is 0.261 e. The molecule has 0 aliphatic heterocycles. The van der Waals surface area contributed by atoms with Crippen molar-refractivity contribution < 1.29 is 13.2 Å². The Balaban J connectivity index is 1.81. The van der Waals surface area contributed by atoms with Gasteiger partial charge in [0.05, 0.1) is 12.0 Å². The molecule has 0 radical (unpaired) electrons. The molecule has 1 aromatic heterocycles. The van der Waals surface area contributed by atoms with E-state index >= 15 is 0 Å². The minimum Gasteiger partial charge on any atom is -0.497 e. The number of pyridine rings is 1. The number of rotatable bonds is 5. The normalized spacial score (nSPS) is 11.0. The number of nitrogens with one attached hydrogen (secondary N) is 1. The first-order valence-electron chi connectivity index (χ1n) is 7.26. The van der Waals surface area contributed by atoms with E-state index in [1.165, 1.54) is 0 Å². The number of methoxy groups -OCH3 is 1. The van der Waals surface area contributed by atoms with Crippen LogP contribution in [0.3, 0.4) is 0 Å². The van der Waals surface area contributed by atoms with Crippen molar-refractivity contribution in [3.63, 3.8) is 0 Å². The highest BCUT2D eigenvalue weighted by molar-refractivity contribution is 7.92. The van der Waals surface area contributed by atoms with Crippen LogP contribution in [0.25, 0.3) is 11.1 Å². The summed E-state index contributed by atoms with van der Waals surface area (Å²) in [6.45, 7) is 0. The van der Waals surface area contributed by atoms with Crippen LogP contribution >= 0.6 is 0 Å². The molecule has 0 spiro atoms. The highest BCUT2D eigenvalue weighted by Gasteiger charge is 2.14. The Morgan fingerprint density at radius 3 is 2.21 bits per heavy atom. The lowest BCUT2D eigenvalue weighted by molar-refractivity contribution is 0.415. The largest absolute Gasteiger partial charge is 0.497 e. The maximum absolute atomic E-state index is 12.4. The van der Waals surface area contributed by atoms with Gasteiger partial charge >= 0.3 is 0 Å². The van der Waals surface area contributed by atoms with Crippen molar-refractivity contribution in [3.05, 3.63) is 73.1 Å². The summed E-state index contributed by atoms with van der Waals surface area (Å²) in [6, 6.07) is 17.1. The summed E-state index contributed by atoms with van der Waals surface area (Å²) in [5, 5.41) is 0. The molecule has 3 aromatic rings. The van der Waals surface area contributed by atoms with E-state index in [9.17, 15) is 8.42 Å². The fourth-order valence-corrected chi connectivity index (χ4v) is 3.29. The van der Waals surface area contributed by atoms with Gasteiger partial charge in [-0.1, -0.05) is 18.2 Å². The van der Waals surface area contributed by atoms with Crippen LogP contribution in [-0.2, 0) is 10.0 Å². The Bertz CT molecular complexity index is 907. The van der Waals surface area contributed by atoms with Crippen LogP contribution in [0.2, 0.25) is 0 Å². The molecule has 1 N–H and O–H groups in total. The molecule has 3 rings (SSSR count). The first-order chi connectivity index (χ1) is 11.6. The fourth-order valence-electron chi connectivity index (χ4n) is 2.23. The Hall–Kier alpha value is -2.86. The molecular formula is C18H16N2O3S. The summed E-state index contributed by atoms with van der Waals surface area (Å²) >= 11 is 0. The van der Waals surface area contributed by atoms with Gasteiger partial charge in [0.15, 0.2) is 0 Å². The summed E-state index contributed by atoms with van der Waals surface area (Å²) < 4.78 is 32.5. The molecule has 0 unspecified atom stereocenters. The van der Waals surface area contributed by atoms with Crippen LogP contribution < -0.4 is 9.46 Å². The minimum atomic E-state index is -3.64.